The van der Waals surface area contributed by atoms with Gasteiger partial charge in [-0.1, -0.05) is 60.2 Å². The van der Waals surface area contributed by atoms with Crippen molar-refractivity contribution in [3.8, 4) is 5.75 Å². The van der Waals surface area contributed by atoms with Gasteiger partial charge in [-0.15, -0.1) is 0 Å². The zero-order valence-corrected chi connectivity index (χ0v) is 20.1. The van der Waals surface area contributed by atoms with Crippen LogP contribution in [0.25, 0.3) is 0 Å². The number of hydrogen-bond donors (Lipinski definition) is 1. The molecule has 1 fully saturated rings. The summed E-state index contributed by atoms with van der Waals surface area (Å²) >= 11 is 0. The number of amides is 2. The van der Waals surface area contributed by atoms with Crippen LogP contribution in [0.2, 0.25) is 0 Å². The van der Waals surface area contributed by atoms with Crippen LogP contribution in [0.3, 0.4) is 0 Å². The smallest absolute Gasteiger partial charge is 0.265 e. The second-order valence-electron chi connectivity index (χ2n) is 8.85. The molecule has 3 aromatic rings. The van der Waals surface area contributed by atoms with Crippen molar-refractivity contribution in [3.63, 3.8) is 0 Å². The number of anilines is 1. The summed E-state index contributed by atoms with van der Waals surface area (Å²) in [4.78, 5) is 27.5. The Labute approximate surface area is 206 Å². The summed E-state index contributed by atoms with van der Waals surface area (Å²) in [6.07, 6.45) is 2.38. The van der Waals surface area contributed by atoms with Crippen LogP contribution in [0.1, 0.15) is 29.5 Å². The fourth-order valence-corrected chi connectivity index (χ4v) is 4.05. The van der Waals surface area contributed by atoms with Crippen molar-refractivity contribution in [3.05, 3.63) is 95.6 Å². The van der Waals surface area contributed by atoms with E-state index in [4.69, 9.17) is 9.47 Å². The SMILES string of the molecule is Cc1ccc(CN(C(=O)COc2ccccc2)c2cccc(CC(=O)NC[C@@H]3CCCO3)c2)cc1. The van der Waals surface area contributed by atoms with Crippen molar-refractivity contribution in [1.29, 1.82) is 0 Å². The molecule has 35 heavy (non-hydrogen) atoms. The predicted octanol–water partition coefficient (Wildman–Crippen LogP) is 4.44. The number of nitrogens with zero attached hydrogens (tertiary/aromatic N) is 1. The van der Waals surface area contributed by atoms with Gasteiger partial charge in [0.1, 0.15) is 5.75 Å². The first-order valence-corrected chi connectivity index (χ1v) is 12.1. The maximum Gasteiger partial charge on any atom is 0.265 e. The van der Waals surface area contributed by atoms with Gasteiger partial charge in [0.05, 0.1) is 19.1 Å². The van der Waals surface area contributed by atoms with Gasteiger partial charge in [0, 0.05) is 18.8 Å². The van der Waals surface area contributed by atoms with Gasteiger partial charge < -0.3 is 19.7 Å². The minimum atomic E-state index is -0.158. The van der Waals surface area contributed by atoms with Gasteiger partial charge in [0.25, 0.3) is 5.91 Å². The van der Waals surface area contributed by atoms with E-state index in [1.54, 1.807) is 4.90 Å². The summed E-state index contributed by atoms with van der Waals surface area (Å²) in [6, 6.07) is 25.0. The third kappa shape index (κ3) is 7.42. The highest BCUT2D eigenvalue weighted by molar-refractivity contribution is 5.94. The normalized spacial score (nSPS) is 14.9. The largest absolute Gasteiger partial charge is 0.484 e. The van der Waals surface area contributed by atoms with Gasteiger partial charge in [-0.25, -0.2) is 0 Å². The quantitative estimate of drug-likeness (QED) is 0.474. The minimum Gasteiger partial charge on any atom is -0.484 e. The zero-order valence-electron chi connectivity index (χ0n) is 20.1. The number of rotatable bonds is 10. The molecule has 0 bridgehead atoms. The highest BCUT2D eigenvalue weighted by Crippen LogP contribution is 2.21. The van der Waals surface area contributed by atoms with Crippen LogP contribution in [0.15, 0.2) is 78.9 Å². The molecule has 0 aromatic heterocycles. The van der Waals surface area contributed by atoms with E-state index < -0.39 is 0 Å². The standard InChI is InChI=1S/C29H32N2O4/c1-22-12-14-23(15-13-22)20-31(29(33)21-35-26-9-3-2-4-10-26)25-8-5-7-24(17-25)18-28(32)30-19-27-11-6-16-34-27/h2-5,7-10,12-15,17,27H,6,11,16,18-21H2,1H3,(H,30,32)/t27-/m0/s1. The summed E-state index contributed by atoms with van der Waals surface area (Å²) in [5, 5.41) is 2.96. The summed E-state index contributed by atoms with van der Waals surface area (Å²) in [7, 11) is 0. The second-order valence-corrected chi connectivity index (χ2v) is 8.85. The first kappa shape index (κ1) is 24.5. The van der Waals surface area contributed by atoms with Crippen LogP contribution in [-0.4, -0.2) is 37.7 Å². The lowest BCUT2D eigenvalue weighted by molar-refractivity contribution is -0.121. The first-order valence-electron chi connectivity index (χ1n) is 12.1. The monoisotopic (exact) mass is 472 g/mol. The Morgan fingerprint density at radius 2 is 1.80 bits per heavy atom. The van der Waals surface area contributed by atoms with E-state index in [1.807, 2.05) is 85.8 Å². The first-order chi connectivity index (χ1) is 17.1. The lowest BCUT2D eigenvalue weighted by Gasteiger charge is -2.24. The highest BCUT2D eigenvalue weighted by Gasteiger charge is 2.19. The Hall–Kier alpha value is -3.64. The average Bonchev–Trinajstić information content (AvgIpc) is 3.40. The van der Waals surface area contributed by atoms with Crippen molar-refractivity contribution in [1.82, 2.24) is 5.32 Å². The Morgan fingerprint density at radius 3 is 2.54 bits per heavy atom. The molecule has 6 nitrogen and oxygen atoms in total. The molecule has 3 aromatic carbocycles. The number of nitrogens with one attached hydrogen (secondary N) is 1. The molecule has 182 valence electrons. The van der Waals surface area contributed by atoms with Crippen molar-refractivity contribution in [2.75, 3.05) is 24.7 Å². The maximum atomic E-state index is 13.3. The van der Waals surface area contributed by atoms with Gasteiger partial charge in [0.2, 0.25) is 5.91 Å². The molecule has 1 aliphatic rings. The number of aryl methyl sites for hydroxylation is 1. The van der Waals surface area contributed by atoms with Crippen LogP contribution in [-0.2, 0) is 27.3 Å². The van der Waals surface area contributed by atoms with Crippen LogP contribution in [0.4, 0.5) is 5.69 Å². The van der Waals surface area contributed by atoms with Crippen molar-refractivity contribution in [2.24, 2.45) is 0 Å². The molecule has 2 amide bonds. The Morgan fingerprint density at radius 1 is 1.00 bits per heavy atom. The van der Waals surface area contributed by atoms with Gasteiger partial charge in [-0.3, -0.25) is 9.59 Å². The third-order valence-electron chi connectivity index (χ3n) is 6.01. The van der Waals surface area contributed by atoms with E-state index in [2.05, 4.69) is 5.32 Å². The van der Waals surface area contributed by atoms with Gasteiger partial charge in [0.15, 0.2) is 6.61 Å². The number of hydrogen-bond acceptors (Lipinski definition) is 4. The summed E-state index contributed by atoms with van der Waals surface area (Å²) < 4.78 is 11.3. The molecule has 0 unspecified atom stereocenters. The third-order valence-corrected chi connectivity index (χ3v) is 6.01. The van der Waals surface area contributed by atoms with Gasteiger partial charge >= 0.3 is 0 Å². The van der Waals surface area contributed by atoms with Crippen molar-refractivity contribution < 1.29 is 19.1 Å². The fourth-order valence-electron chi connectivity index (χ4n) is 4.05. The maximum absolute atomic E-state index is 13.3. The van der Waals surface area contributed by atoms with Crippen molar-refractivity contribution >= 4 is 17.5 Å². The van der Waals surface area contributed by atoms with Crippen molar-refractivity contribution in [2.45, 2.75) is 38.8 Å². The Kier molecular flexibility index (Phi) is 8.52. The van der Waals surface area contributed by atoms with Gasteiger partial charge in [-0.05, 0) is 55.2 Å². The minimum absolute atomic E-state index is 0.0542. The molecule has 0 spiro atoms. The molecule has 0 saturated carbocycles. The highest BCUT2D eigenvalue weighted by atomic mass is 16.5. The molecule has 1 aliphatic heterocycles. The molecular weight excluding hydrogens is 440 g/mol. The summed E-state index contributed by atoms with van der Waals surface area (Å²) in [5.74, 6) is 0.434. The topological polar surface area (TPSA) is 67.9 Å². The van der Waals surface area contributed by atoms with E-state index in [-0.39, 0.29) is 30.9 Å². The lowest BCUT2D eigenvalue weighted by atomic mass is 10.1. The molecule has 1 atom stereocenters. The summed E-state index contributed by atoms with van der Waals surface area (Å²) in [6.45, 7) is 3.66. The molecule has 1 heterocycles. The van der Waals surface area contributed by atoms with Gasteiger partial charge in [-0.2, -0.15) is 0 Å². The summed E-state index contributed by atoms with van der Waals surface area (Å²) in [5.41, 5.74) is 3.76. The number of benzene rings is 3. The second kappa shape index (κ2) is 12.2. The molecule has 0 aliphatic carbocycles. The van der Waals surface area contributed by atoms with E-state index in [9.17, 15) is 9.59 Å². The molecular formula is C29H32N2O4. The van der Waals surface area contributed by atoms with Crippen LogP contribution in [0.5, 0.6) is 5.75 Å². The Balaban J connectivity index is 1.46. The van der Waals surface area contributed by atoms with E-state index in [1.165, 1.54) is 0 Å². The lowest BCUT2D eigenvalue weighted by Crippen LogP contribution is -2.35. The molecule has 0 radical (unpaired) electrons. The molecule has 1 saturated heterocycles. The molecule has 6 heteroatoms. The predicted molar refractivity (Wildman–Crippen MR) is 136 cm³/mol. The zero-order chi connectivity index (χ0) is 24.5. The number of ether oxygens (including phenoxy) is 2. The Bertz CT molecular complexity index is 1110. The number of carbonyl (C=O) groups excluding carboxylic acids is 2. The van der Waals surface area contributed by atoms with E-state index in [0.717, 1.165) is 41.8 Å². The molecule has 1 N–H and O–H groups in total. The van der Waals surface area contributed by atoms with Crippen LogP contribution in [0, 0.1) is 6.92 Å². The fraction of sp³-hybridized carbons (Fsp3) is 0.310. The average molecular weight is 473 g/mol. The van der Waals surface area contributed by atoms with Crippen LogP contribution >= 0.6 is 0 Å². The number of carbonyl (C=O) groups is 2. The van der Waals surface area contributed by atoms with Crippen LogP contribution < -0.4 is 15.0 Å². The van der Waals surface area contributed by atoms with E-state index >= 15 is 0 Å². The number of para-hydroxylation sites is 1. The molecule has 4 rings (SSSR count). The van der Waals surface area contributed by atoms with E-state index in [0.29, 0.717) is 18.8 Å².